The summed E-state index contributed by atoms with van der Waals surface area (Å²) >= 11 is 11.7. The SMILES string of the molecule is O=c1oc2ccc(Br)cc2cc1-c1cs/c(=N/N=C\c2ccc(Br)cc2)n1/N=C/c1ccc(Br)cc1. The standard InChI is InChI=1S/C26H15Br3N4O2S/c27-19-5-1-16(2-6-19)13-30-32-26-33(31-14-17-3-7-20(28)8-4-17)23(15-36-26)22-12-18-11-21(29)9-10-24(18)35-25(22)34/h1-15H/b30-13-,31-14+,32-26+. The number of benzene rings is 3. The van der Waals surface area contributed by atoms with Crippen molar-refractivity contribution in [2.24, 2.45) is 15.3 Å². The highest BCUT2D eigenvalue weighted by Crippen LogP contribution is 2.24. The summed E-state index contributed by atoms with van der Waals surface area (Å²) in [7, 11) is 0. The van der Waals surface area contributed by atoms with Gasteiger partial charge >= 0.3 is 5.63 Å². The highest BCUT2D eigenvalue weighted by Gasteiger charge is 2.14. The Morgan fingerprint density at radius 1 is 0.806 bits per heavy atom. The molecule has 0 bridgehead atoms. The highest BCUT2D eigenvalue weighted by molar-refractivity contribution is 9.11. The maximum atomic E-state index is 12.9. The van der Waals surface area contributed by atoms with Gasteiger partial charge in [0, 0.05) is 24.2 Å². The predicted octanol–water partition coefficient (Wildman–Crippen LogP) is 7.43. The number of hydrogen-bond acceptors (Lipinski definition) is 6. The molecule has 0 amide bonds. The fraction of sp³-hybridized carbons (Fsp3) is 0. The smallest absolute Gasteiger partial charge is 0.345 e. The van der Waals surface area contributed by atoms with Gasteiger partial charge in [-0.25, -0.2) is 9.47 Å². The third-order valence-corrected chi connectivity index (χ3v) is 7.43. The first kappa shape index (κ1) is 24.8. The predicted molar refractivity (Wildman–Crippen MR) is 156 cm³/mol. The van der Waals surface area contributed by atoms with Crippen LogP contribution in [-0.2, 0) is 0 Å². The van der Waals surface area contributed by atoms with Crippen LogP contribution in [0.25, 0.3) is 22.2 Å². The molecule has 0 atom stereocenters. The van der Waals surface area contributed by atoms with E-state index in [0.29, 0.717) is 21.6 Å². The zero-order valence-electron chi connectivity index (χ0n) is 18.3. The van der Waals surface area contributed by atoms with Crippen molar-refractivity contribution in [2.45, 2.75) is 0 Å². The highest BCUT2D eigenvalue weighted by atomic mass is 79.9. The summed E-state index contributed by atoms with van der Waals surface area (Å²) in [6.45, 7) is 0. The molecular formula is C26H15Br3N4O2S. The topological polar surface area (TPSA) is 72.2 Å². The van der Waals surface area contributed by atoms with Crippen molar-refractivity contribution in [1.82, 2.24) is 4.68 Å². The number of nitrogens with zero attached hydrogens (tertiary/aromatic N) is 4. The van der Waals surface area contributed by atoms with E-state index in [-0.39, 0.29) is 0 Å². The molecule has 0 spiro atoms. The summed E-state index contributed by atoms with van der Waals surface area (Å²) in [5.41, 5.74) is 2.78. The number of rotatable bonds is 5. The summed E-state index contributed by atoms with van der Waals surface area (Å²) in [6, 6.07) is 22.8. The van der Waals surface area contributed by atoms with Crippen molar-refractivity contribution >= 4 is 82.5 Å². The zero-order chi connectivity index (χ0) is 25.1. The summed E-state index contributed by atoms with van der Waals surface area (Å²) in [4.78, 5) is 13.4. The molecule has 0 aliphatic rings. The Bertz CT molecular complexity index is 1730. The fourth-order valence-electron chi connectivity index (χ4n) is 3.31. The second-order valence-corrected chi connectivity index (χ2v) is 11.1. The van der Waals surface area contributed by atoms with Gasteiger partial charge in [-0.15, -0.1) is 16.4 Å². The molecule has 0 saturated heterocycles. The Hall–Kier alpha value is -2.92. The molecule has 0 radical (unpaired) electrons. The van der Waals surface area contributed by atoms with Gasteiger partial charge < -0.3 is 4.42 Å². The van der Waals surface area contributed by atoms with E-state index >= 15 is 0 Å². The molecule has 0 aliphatic heterocycles. The van der Waals surface area contributed by atoms with E-state index in [4.69, 9.17) is 4.42 Å². The van der Waals surface area contributed by atoms with Gasteiger partial charge in [0.1, 0.15) is 5.58 Å². The Labute approximate surface area is 234 Å². The molecule has 0 saturated carbocycles. The quantitative estimate of drug-likeness (QED) is 0.110. The van der Waals surface area contributed by atoms with E-state index in [0.717, 1.165) is 29.9 Å². The van der Waals surface area contributed by atoms with Crippen molar-refractivity contribution in [2.75, 3.05) is 0 Å². The van der Waals surface area contributed by atoms with E-state index in [1.165, 1.54) is 11.3 Å². The van der Waals surface area contributed by atoms with Crippen LogP contribution in [0.15, 0.2) is 116 Å². The molecule has 2 heterocycles. The van der Waals surface area contributed by atoms with Crippen LogP contribution >= 0.6 is 59.1 Å². The molecule has 6 nitrogen and oxygen atoms in total. The number of hydrogen-bond donors (Lipinski definition) is 0. The van der Waals surface area contributed by atoms with Crippen molar-refractivity contribution in [3.63, 3.8) is 0 Å². The Balaban J connectivity index is 1.62. The Morgan fingerprint density at radius 2 is 1.44 bits per heavy atom. The fourth-order valence-corrected chi connectivity index (χ4v) is 5.00. The third-order valence-electron chi connectivity index (χ3n) is 5.07. The average Bonchev–Trinajstić information content (AvgIpc) is 3.27. The lowest BCUT2D eigenvalue weighted by Crippen LogP contribution is -2.14. The minimum atomic E-state index is -0.458. The van der Waals surface area contributed by atoms with Crippen LogP contribution in [0.5, 0.6) is 0 Å². The van der Waals surface area contributed by atoms with Crippen LogP contribution in [0, 0.1) is 0 Å². The second-order valence-electron chi connectivity index (χ2n) is 7.54. The van der Waals surface area contributed by atoms with Crippen molar-refractivity contribution < 1.29 is 4.42 Å². The summed E-state index contributed by atoms with van der Waals surface area (Å²) in [5, 5.41) is 15.9. The molecule has 0 fully saturated rings. The van der Waals surface area contributed by atoms with E-state index < -0.39 is 5.63 Å². The molecule has 0 N–H and O–H groups in total. The minimum absolute atomic E-state index is 0.378. The Kier molecular flexibility index (Phi) is 7.56. The number of thiazole rings is 1. The van der Waals surface area contributed by atoms with Crippen LogP contribution in [0.1, 0.15) is 11.1 Å². The van der Waals surface area contributed by atoms with Crippen LogP contribution in [-0.4, -0.2) is 17.1 Å². The summed E-state index contributed by atoms with van der Waals surface area (Å²) < 4.78 is 10.0. The molecule has 2 aromatic heterocycles. The minimum Gasteiger partial charge on any atom is -0.422 e. The van der Waals surface area contributed by atoms with Crippen molar-refractivity contribution in [1.29, 1.82) is 0 Å². The normalized spacial score (nSPS) is 12.4. The molecule has 0 unspecified atom stereocenters. The van der Waals surface area contributed by atoms with Crippen LogP contribution in [0.2, 0.25) is 0 Å². The van der Waals surface area contributed by atoms with Gasteiger partial charge in [0.05, 0.1) is 23.7 Å². The van der Waals surface area contributed by atoms with Gasteiger partial charge in [0.15, 0.2) is 0 Å². The second kappa shape index (κ2) is 11.0. The maximum absolute atomic E-state index is 12.9. The maximum Gasteiger partial charge on any atom is 0.345 e. The van der Waals surface area contributed by atoms with Gasteiger partial charge in [-0.3, -0.25) is 0 Å². The monoisotopic (exact) mass is 684 g/mol. The number of fused-ring (bicyclic) bond motifs is 1. The van der Waals surface area contributed by atoms with Gasteiger partial charge in [-0.05, 0) is 59.7 Å². The zero-order valence-corrected chi connectivity index (χ0v) is 23.9. The molecule has 5 aromatic rings. The van der Waals surface area contributed by atoms with Gasteiger partial charge in [0.25, 0.3) is 0 Å². The summed E-state index contributed by atoms with van der Waals surface area (Å²) in [6.07, 6.45) is 3.37. The van der Waals surface area contributed by atoms with Crippen LogP contribution < -0.4 is 10.4 Å². The van der Waals surface area contributed by atoms with E-state index in [1.807, 2.05) is 66.0 Å². The first-order valence-electron chi connectivity index (χ1n) is 10.5. The van der Waals surface area contributed by atoms with Gasteiger partial charge in [0.2, 0.25) is 4.80 Å². The number of aromatic nitrogens is 1. The van der Waals surface area contributed by atoms with E-state index in [9.17, 15) is 4.79 Å². The molecule has 3 aromatic carbocycles. The molecule has 0 aliphatic carbocycles. The molecule has 36 heavy (non-hydrogen) atoms. The lowest BCUT2D eigenvalue weighted by molar-refractivity contribution is 0.562. The van der Waals surface area contributed by atoms with Gasteiger partial charge in [-0.1, -0.05) is 72.1 Å². The van der Waals surface area contributed by atoms with E-state index in [1.54, 1.807) is 29.2 Å². The van der Waals surface area contributed by atoms with Gasteiger partial charge in [-0.2, -0.15) is 10.2 Å². The van der Waals surface area contributed by atoms with Crippen LogP contribution in [0.3, 0.4) is 0 Å². The average molecular weight is 687 g/mol. The molecule has 5 rings (SSSR count). The molecule has 178 valence electrons. The van der Waals surface area contributed by atoms with Crippen molar-refractivity contribution in [3.8, 4) is 11.3 Å². The lowest BCUT2D eigenvalue weighted by atomic mass is 10.1. The first-order chi connectivity index (χ1) is 17.5. The largest absolute Gasteiger partial charge is 0.422 e. The lowest BCUT2D eigenvalue weighted by Gasteiger charge is -2.04. The summed E-state index contributed by atoms with van der Waals surface area (Å²) in [5.74, 6) is 0. The van der Waals surface area contributed by atoms with Crippen molar-refractivity contribution in [3.05, 3.63) is 118 Å². The number of halogens is 3. The molecular weight excluding hydrogens is 672 g/mol. The Morgan fingerprint density at radius 3 is 2.14 bits per heavy atom. The third kappa shape index (κ3) is 5.73. The van der Waals surface area contributed by atoms with Crippen LogP contribution in [0.4, 0.5) is 0 Å². The first-order valence-corrected chi connectivity index (χ1v) is 13.8. The molecule has 10 heteroatoms. The van der Waals surface area contributed by atoms with E-state index in [2.05, 4.69) is 63.1 Å².